The van der Waals surface area contributed by atoms with E-state index in [0.29, 0.717) is 13.2 Å². The van der Waals surface area contributed by atoms with Crippen LogP contribution in [0.4, 0.5) is 0 Å². The Bertz CT molecular complexity index is 691. The van der Waals surface area contributed by atoms with E-state index in [2.05, 4.69) is 34.6 Å². The van der Waals surface area contributed by atoms with Gasteiger partial charge in [0.15, 0.2) is 0 Å². The summed E-state index contributed by atoms with van der Waals surface area (Å²) in [6.07, 6.45) is 2.56. The second-order valence-electron chi connectivity index (χ2n) is 4.57. The lowest BCUT2D eigenvalue weighted by atomic mass is 10.2. The van der Waals surface area contributed by atoms with Gasteiger partial charge in [-0.05, 0) is 35.5 Å². The maximum absolute atomic E-state index is 5.80. The molecule has 0 saturated heterocycles. The van der Waals surface area contributed by atoms with Crippen LogP contribution in [0.2, 0.25) is 0 Å². The molecular weight excluding hydrogens is 268 g/mol. The molecule has 1 aromatic carbocycles. The van der Waals surface area contributed by atoms with Gasteiger partial charge in [0, 0.05) is 22.4 Å². The Morgan fingerprint density at radius 1 is 1.15 bits per heavy atom. The van der Waals surface area contributed by atoms with E-state index in [-0.39, 0.29) is 0 Å². The second-order valence-corrected chi connectivity index (χ2v) is 5.48. The molecule has 20 heavy (non-hydrogen) atoms. The van der Waals surface area contributed by atoms with Crippen LogP contribution < -0.4 is 10.5 Å². The summed E-state index contributed by atoms with van der Waals surface area (Å²) in [6.45, 7) is 1.19. The first-order valence-electron chi connectivity index (χ1n) is 6.60. The summed E-state index contributed by atoms with van der Waals surface area (Å²) in [4.78, 5) is 4.33. The van der Waals surface area contributed by atoms with Gasteiger partial charge in [0.05, 0.1) is 6.20 Å². The molecule has 4 heteroatoms. The van der Waals surface area contributed by atoms with Gasteiger partial charge in [-0.3, -0.25) is 4.98 Å². The molecule has 0 fully saturated rings. The minimum atomic E-state index is 0.571. The molecule has 3 rings (SSSR count). The third-order valence-electron chi connectivity index (χ3n) is 3.15. The van der Waals surface area contributed by atoms with Crippen LogP contribution in [0.3, 0.4) is 0 Å². The van der Waals surface area contributed by atoms with Crippen LogP contribution in [0.15, 0.2) is 48.0 Å². The van der Waals surface area contributed by atoms with E-state index in [1.807, 2.05) is 12.1 Å². The normalized spacial score (nSPS) is 10.8. The van der Waals surface area contributed by atoms with E-state index in [1.165, 1.54) is 15.6 Å². The number of nitrogens with two attached hydrogens (primary N) is 1. The first kappa shape index (κ1) is 13.1. The van der Waals surface area contributed by atoms with Crippen molar-refractivity contribution in [2.75, 3.05) is 6.54 Å². The third kappa shape index (κ3) is 2.81. The van der Waals surface area contributed by atoms with Gasteiger partial charge in [0.2, 0.25) is 0 Å². The summed E-state index contributed by atoms with van der Waals surface area (Å²) in [5.74, 6) is 0.793. The molecule has 0 unspecified atom stereocenters. The van der Waals surface area contributed by atoms with Gasteiger partial charge in [-0.1, -0.05) is 18.2 Å². The van der Waals surface area contributed by atoms with Gasteiger partial charge in [0.25, 0.3) is 0 Å². The number of benzene rings is 1. The number of hydrogen-bond acceptors (Lipinski definition) is 4. The van der Waals surface area contributed by atoms with Crippen molar-refractivity contribution < 1.29 is 4.74 Å². The van der Waals surface area contributed by atoms with Gasteiger partial charge in [-0.15, -0.1) is 11.3 Å². The number of pyridine rings is 1. The van der Waals surface area contributed by atoms with E-state index >= 15 is 0 Å². The molecule has 0 saturated carbocycles. The van der Waals surface area contributed by atoms with Crippen LogP contribution in [0.25, 0.3) is 10.1 Å². The molecule has 0 amide bonds. The van der Waals surface area contributed by atoms with Crippen molar-refractivity contribution in [3.05, 3.63) is 59.2 Å². The van der Waals surface area contributed by atoms with Crippen molar-refractivity contribution >= 4 is 21.4 Å². The van der Waals surface area contributed by atoms with Crippen LogP contribution in [-0.4, -0.2) is 11.5 Å². The van der Waals surface area contributed by atoms with Crippen molar-refractivity contribution in [1.29, 1.82) is 0 Å². The molecule has 3 nitrogen and oxygen atoms in total. The maximum atomic E-state index is 5.80. The average Bonchev–Trinajstić information content (AvgIpc) is 2.90. The fourth-order valence-corrected chi connectivity index (χ4v) is 3.05. The molecule has 2 aromatic heterocycles. The highest BCUT2D eigenvalue weighted by molar-refractivity contribution is 7.17. The van der Waals surface area contributed by atoms with Gasteiger partial charge in [-0.2, -0.15) is 0 Å². The predicted octanol–water partition coefficient (Wildman–Crippen LogP) is 3.38. The predicted molar refractivity (Wildman–Crippen MR) is 83.2 cm³/mol. The van der Waals surface area contributed by atoms with E-state index < -0.39 is 0 Å². The van der Waals surface area contributed by atoms with Gasteiger partial charge in [0.1, 0.15) is 12.4 Å². The van der Waals surface area contributed by atoms with Crippen LogP contribution in [0.5, 0.6) is 5.75 Å². The Labute approximate surface area is 122 Å². The Balaban J connectivity index is 1.69. The Morgan fingerprint density at radius 2 is 2.05 bits per heavy atom. The zero-order valence-electron chi connectivity index (χ0n) is 11.1. The summed E-state index contributed by atoms with van der Waals surface area (Å²) >= 11 is 1.75. The monoisotopic (exact) mass is 284 g/mol. The standard InChI is InChI=1S/C16H16N2OS/c17-8-7-13-5-6-14(9-18-13)19-10-12-11-20-16-4-2-1-3-15(12)16/h1-6,9,11H,7-8,10,17H2. The molecule has 0 bridgehead atoms. The number of rotatable bonds is 5. The highest BCUT2D eigenvalue weighted by Crippen LogP contribution is 2.26. The third-order valence-corrected chi connectivity index (χ3v) is 4.17. The van der Waals surface area contributed by atoms with E-state index in [0.717, 1.165) is 17.9 Å². The number of thiophene rings is 1. The maximum Gasteiger partial charge on any atom is 0.138 e. The lowest BCUT2D eigenvalue weighted by Gasteiger charge is -2.06. The fourth-order valence-electron chi connectivity index (χ4n) is 2.10. The highest BCUT2D eigenvalue weighted by Gasteiger charge is 2.04. The number of fused-ring (bicyclic) bond motifs is 1. The molecule has 0 atom stereocenters. The van der Waals surface area contributed by atoms with E-state index in [4.69, 9.17) is 10.5 Å². The van der Waals surface area contributed by atoms with Crippen molar-refractivity contribution in [3.8, 4) is 5.75 Å². The topological polar surface area (TPSA) is 48.1 Å². The molecule has 0 spiro atoms. The van der Waals surface area contributed by atoms with Crippen molar-refractivity contribution in [3.63, 3.8) is 0 Å². The Kier molecular flexibility index (Phi) is 3.95. The van der Waals surface area contributed by atoms with Gasteiger partial charge in [-0.25, -0.2) is 0 Å². The van der Waals surface area contributed by atoms with Crippen LogP contribution >= 0.6 is 11.3 Å². The molecule has 2 N–H and O–H groups in total. The zero-order valence-corrected chi connectivity index (χ0v) is 11.9. The van der Waals surface area contributed by atoms with Crippen molar-refractivity contribution in [1.82, 2.24) is 4.98 Å². The number of nitrogens with zero attached hydrogens (tertiary/aromatic N) is 1. The Morgan fingerprint density at radius 3 is 2.85 bits per heavy atom. The lowest BCUT2D eigenvalue weighted by molar-refractivity contribution is 0.306. The number of hydrogen-bond donors (Lipinski definition) is 1. The Hall–Kier alpha value is -1.91. The molecule has 0 radical (unpaired) electrons. The summed E-state index contributed by atoms with van der Waals surface area (Å²) in [6, 6.07) is 12.3. The first-order valence-corrected chi connectivity index (χ1v) is 7.47. The SMILES string of the molecule is NCCc1ccc(OCc2csc3ccccc23)cn1. The quantitative estimate of drug-likeness (QED) is 0.781. The smallest absolute Gasteiger partial charge is 0.138 e. The van der Waals surface area contributed by atoms with Gasteiger partial charge < -0.3 is 10.5 Å². The fraction of sp³-hybridized carbons (Fsp3) is 0.188. The molecule has 102 valence electrons. The molecule has 2 heterocycles. The molecule has 0 aliphatic heterocycles. The molecule has 0 aliphatic rings. The summed E-state index contributed by atoms with van der Waals surface area (Å²) in [7, 11) is 0. The van der Waals surface area contributed by atoms with E-state index in [9.17, 15) is 0 Å². The molecule has 0 aliphatic carbocycles. The van der Waals surface area contributed by atoms with Crippen LogP contribution in [0.1, 0.15) is 11.3 Å². The number of ether oxygens (including phenoxy) is 1. The minimum Gasteiger partial charge on any atom is -0.487 e. The molecule has 3 aromatic rings. The van der Waals surface area contributed by atoms with Gasteiger partial charge >= 0.3 is 0 Å². The lowest BCUT2D eigenvalue weighted by Crippen LogP contribution is -2.04. The van der Waals surface area contributed by atoms with Crippen LogP contribution in [-0.2, 0) is 13.0 Å². The number of aromatic nitrogens is 1. The minimum absolute atomic E-state index is 0.571. The second kappa shape index (κ2) is 6.03. The van der Waals surface area contributed by atoms with Crippen LogP contribution in [0, 0.1) is 0 Å². The van der Waals surface area contributed by atoms with Crippen molar-refractivity contribution in [2.24, 2.45) is 5.73 Å². The zero-order chi connectivity index (χ0) is 13.8. The summed E-state index contributed by atoms with van der Waals surface area (Å²) < 4.78 is 7.10. The molecular formula is C16H16N2OS. The van der Waals surface area contributed by atoms with Crippen molar-refractivity contribution in [2.45, 2.75) is 13.0 Å². The summed E-state index contributed by atoms with van der Waals surface area (Å²) in [5, 5.41) is 3.42. The van der Waals surface area contributed by atoms with E-state index in [1.54, 1.807) is 17.5 Å². The largest absolute Gasteiger partial charge is 0.487 e. The first-order chi connectivity index (χ1) is 9.86. The highest BCUT2D eigenvalue weighted by atomic mass is 32.1. The average molecular weight is 284 g/mol. The summed E-state index contributed by atoms with van der Waals surface area (Å²) in [5.41, 5.74) is 7.72.